The predicted octanol–water partition coefficient (Wildman–Crippen LogP) is 3.36. The summed E-state index contributed by atoms with van der Waals surface area (Å²) in [5.41, 5.74) is 2.40. The molecule has 3 rings (SSSR count). The molecule has 0 aliphatic rings. The first-order chi connectivity index (χ1) is 11.6. The number of aromatic nitrogens is 1. The van der Waals surface area contributed by atoms with E-state index in [0.717, 1.165) is 17.4 Å². The molecule has 122 valence electrons. The van der Waals surface area contributed by atoms with Gasteiger partial charge in [0.1, 0.15) is 5.69 Å². The number of fused-ring (bicyclic) bond motifs is 1. The van der Waals surface area contributed by atoms with E-state index in [1.54, 1.807) is 24.1 Å². The summed E-state index contributed by atoms with van der Waals surface area (Å²) in [6, 6.07) is 17.2. The first-order valence-corrected chi connectivity index (χ1v) is 8.04. The molecule has 0 fully saturated rings. The minimum absolute atomic E-state index is 0.197. The van der Waals surface area contributed by atoms with Crippen molar-refractivity contribution in [3.05, 3.63) is 81.8 Å². The molecule has 0 saturated heterocycles. The van der Waals surface area contributed by atoms with Crippen LogP contribution in [0.3, 0.4) is 0 Å². The Kier molecular flexibility index (Phi) is 4.47. The van der Waals surface area contributed by atoms with Crippen molar-refractivity contribution in [3.8, 4) is 0 Å². The summed E-state index contributed by atoms with van der Waals surface area (Å²) in [7, 11) is 1.74. The number of carbonyl (C=O) groups excluding carboxylic acids is 1. The van der Waals surface area contributed by atoms with Crippen LogP contribution in [0, 0.1) is 0 Å². The van der Waals surface area contributed by atoms with Crippen molar-refractivity contribution in [2.24, 2.45) is 0 Å². The second-order valence-electron chi connectivity index (χ2n) is 5.93. The van der Waals surface area contributed by atoms with Crippen LogP contribution in [0.2, 0.25) is 0 Å². The summed E-state index contributed by atoms with van der Waals surface area (Å²) in [4.78, 5) is 29.1. The van der Waals surface area contributed by atoms with Gasteiger partial charge in [-0.1, -0.05) is 49.4 Å². The first-order valence-electron chi connectivity index (χ1n) is 8.04. The zero-order valence-electron chi connectivity index (χ0n) is 13.9. The summed E-state index contributed by atoms with van der Waals surface area (Å²) in [6.07, 6.45) is 0.993. The molecular weight excluding hydrogens is 300 g/mol. The molecule has 1 amide bonds. The van der Waals surface area contributed by atoms with Gasteiger partial charge < -0.3 is 9.88 Å². The van der Waals surface area contributed by atoms with Gasteiger partial charge in [-0.2, -0.15) is 0 Å². The molecule has 0 aliphatic heterocycles. The van der Waals surface area contributed by atoms with E-state index in [4.69, 9.17) is 0 Å². The van der Waals surface area contributed by atoms with Gasteiger partial charge in [0.15, 0.2) is 0 Å². The van der Waals surface area contributed by atoms with Crippen LogP contribution in [0.1, 0.15) is 28.5 Å². The minimum atomic E-state index is -0.239. The van der Waals surface area contributed by atoms with E-state index in [1.165, 1.54) is 5.56 Å². The lowest BCUT2D eigenvalue weighted by molar-refractivity contribution is 0.0779. The fraction of sp³-hybridized carbons (Fsp3) is 0.200. The average molecular weight is 320 g/mol. The van der Waals surface area contributed by atoms with E-state index in [-0.39, 0.29) is 11.5 Å². The highest BCUT2D eigenvalue weighted by Crippen LogP contribution is 2.13. The number of hydrogen-bond donors (Lipinski definition) is 1. The number of H-pyrrole nitrogens is 1. The number of nitrogens with zero attached hydrogens (tertiary/aromatic N) is 1. The van der Waals surface area contributed by atoms with Gasteiger partial charge in [-0.05, 0) is 35.1 Å². The number of aromatic amines is 1. The van der Waals surface area contributed by atoms with Crippen LogP contribution >= 0.6 is 0 Å². The van der Waals surface area contributed by atoms with Gasteiger partial charge in [-0.15, -0.1) is 0 Å². The van der Waals surface area contributed by atoms with Crippen molar-refractivity contribution >= 4 is 16.7 Å². The van der Waals surface area contributed by atoms with E-state index in [2.05, 4.69) is 24.0 Å². The van der Waals surface area contributed by atoms with Crippen molar-refractivity contribution in [1.82, 2.24) is 9.88 Å². The van der Waals surface area contributed by atoms with Crippen LogP contribution in [-0.4, -0.2) is 22.8 Å². The van der Waals surface area contributed by atoms with E-state index in [0.29, 0.717) is 17.6 Å². The van der Waals surface area contributed by atoms with Crippen LogP contribution in [0.15, 0.2) is 59.4 Å². The highest BCUT2D eigenvalue weighted by atomic mass is 16.2. The molecule has 0 radical (unpaired) electrons. The van der Waals surface area contributed by atoms with E-state index in [9.17, 15) is 9.59 Å². The Morgan fingerprint density at radius 1 is 1.04 bits per heavy atom. The third kappa shape index (κ3) is 3.23. The molecule has 0 bridgehead atoms. The average Bonchev–Trinajstić information content (AvgIpc) is 2.61. The molecule has 0 atom stereocenters. The third-order valence-corrected chi connectivity index (χ3v) is 4.18. The van der Waals surface area contributed by atoms with Gasteiger partial charge in [-0.3, -0.25) is 9.59 Å². The smallest absolute Gasteiger partial charge is 0.270 e. The number of aryl methyl sites for hydroxylation is 1. The molecule has 3 aromatic rings. The molecule has 1 N–H and O–H groups in total. The minimum Gasteiger partial charge on any atom is -0.336 e. The maximum Gasteiger partial charge on any atom is 0.270 e. The number of nitrogens with one attached hydrogen (secondary N) is 1. The van der Waals surface area contributed by atoms with Crippen LogP contribution in [0.4, 0.5) is 0 Å². The lowest BCUT2D eigenvalue weighted by Gasteiger charge is -2.17. The van der Waals surface area contributed by atoms with Gasteiger partial charge in [0.25, 0.3) is 11.5 Å². The molecule has 24 heavy (non-hydrogen) atoms. The van der Waals surface area contributed by atoms with Crippen LogP contribution in [-0.2, 0) is 13.0 Å². The lowest BCUT2D eigenvalue weighted by Crippen LogP contribution is -2.28. The Labute approximate surface area is 140 Å². The van der Waals surface area contributed by atoms with Crippen molar-refractivity contribution in [1.29, 1.82) is 0 Å². The molecule has 4 nitrogen and oxygen atoms in total. The summed E-state index contributed by atoms with van der Waals surface area (Å²) < 4.78 is 0. The summed E-state index contributed by atoms with van der Waals surface area (Å²) >= 11 is 0. The van der Waals surface area contributed by atoms with Gasteiger partial charge >= 0.3 is 0 Å². The molecule has 0 saturated carbocycles. The quantitative estimate of drug-likeness (QED) is 0.801. The Hall–Kier alpha value is -2.88. The molecule has 1 aromatic heterocycles. The number of hydrogen-bond acceptors (Lipinski definition) is 2. The fourth-order valence-corrected chi connectivity index (χ4v) is 2.76. The first kappa shape index (κ1) is 16.0. The maximum absolute atomic E-state index is 12.6. The van der Waals surface area contributed by atoms with Crippen molar-refractivity contribution in [2.45, 2.75) is 19.9 Å². The number of carbonyl (C=O) groups is 1. The third-order valence-electron chi connectivity index (χ3n) is 4.18. The Morgan fingerprint density at radius 2 is 1.71 bits per heavy atom. The van der Waals surface area contributed by atoms with Gasteiger partial charge in [0.05, 0.1) is 0 Å². The normalized spacial score (nSPS) is 10.8. The Bertz CT molecular complexity index is 926. The van der Waals surface area contributed by atoms with Crippen molar-refractivity contribution < 1.29 is 4.79 Å². The molecular formula is C20H20N2O2. The lowest BCUT2D eigenvalue weighted by atomic mass is 10.1. The fourth-order valence-electron chi connectivity index (χ4n) is 2.76. The zero-order valence-corrected chi connectivity index (χ0v) is 13.9. The molecule has 4 heteroatoms. The van der Waals surface area contributed by atoms with Crippen LogP contribution < -0.4 is 5.56 Å². The number of benzene rings is 2. The molecule has 0 unspecified atom stereocenters. The van der Waals surface area contributed by atoms with Crippen molar-refractivity contribution in [2.75, 3.05) is 7.05 Å². The van der Waals surface area contributed by atoms with Gasteiger partial charge in [-0.25, -0.2) is 0 Å². The molecule has 2 aromatic carbocycles. The van der Waals surface area contributed by atoms with E-state index in [1.807, 2.05) is 30.3 Å². The van der Waals surface area contributed by atoms with E-state index >= 15 is 0 Å². The number of pyridine rings is 1. The predicted molar refractivity (Wildman–Crippen MR) is 96.2 cm³/mol. The monoisotopic (exact) mass is 320 g/mol. The summed E-state index contributed by atoms with van der Waals surface area (Å²) in [5, 5.41) is 1.36. The number of rotatable bonds is 4. The SMILES string of the molecule is CCc1ccc(CN(C)C(=O)c2cc3ccccc3c(=O)[nH]2)cc1. The van der Waals surface area contributed by atoms with Gasteiger partial charge in [0.2, 0.25) is 0 Å². The Morgan fingerprint density at radius 3 is 2.42 bits per heavy atom. The second-order valence-corrected chi connectivity index (χ2v) is 5.93. The van der Waals surface area contributed by atoms with Crippen molar-refractivity contribution in [3.63, 3.8) is 0 Å². The zero-order chi connectivity index (χ0) is 17.1. The van der Waals surface area contributed by atoms with Gasteiger partial charge in [0, 0.05) is 19.0 Å². The molecule has 1 heterocycles. The highest BCUT2D eigenvalue weighted by molar-refractivity contribution is 5.96. The Balaban J connectivity index is 1.83. The summed E-state index contributed by atoms with van der Waals surface area (Å²) in [6.45, 7) is 2.61. The second kappa shape index (κ2) is 6.71. The highest BCUT2D eigenvalue weighted by Gasteiger charge is 2.14. The topological polar surface area (TPSA) is 53.2 Å². The summed E-state index contributed by atoms with van der Waals surface area (Å²) in [5.74, 6) is -0.197. The number of amides is 1. The largest absolute Gasteiger partial charge is 0.336 e. The molecule has 0 spiro atoms. The van der Waals surface area contributed by atoms with Crippen LogP contribution in [0.5, 0.6) is 0 Å². The standard InChI is InChI=1S/C20H20N2O2/c1-3-14-8-10-15(11-9-14)13-22(2)20(24)18-12-16-6-4-5-7-17(16)19(23)21-18/h4-12H,3,13H2,1-2H3,(H,21,23). The maximum atomic E-state index is 12.6. The molecule has 0 aliphatic carbocycles. The van der Waals surface area contributed by atoms with E-state index < -0.39 is 0 Å². The van der Waals surface area contributed by atoms with Crippen LogP contribution in [0.25, 0.3) is 10.8 Å².